The van der Waals surface area contributed by atoms with E-state index >= 15 is 0 Å². The van der Waals surface area contributed by atoms with Crippen LogP contribution in [0.15, 0.2) is 36.5 Å². The number of nitrogens with zero attached hydrogens (tertiary/aromatic N) is 2. The van der Waals surface area contributed by atoms with E-state index in [-0.39, 0.29) is 0 Å². The van der Waals surface area contributed by atoms with Gasteiger partial charge in [0.15, 0.2) is 0 Å². The highest BCUT2D eigenvalue weighted by Gasteiger charge is 2.29. The Kier molecular flexibility index (Phi) is 3.96. The Morgan fingerprint density at radius 3 is 2.86 bits per heavy atom. The molecule has 1 unspecified atom stereocenters. The summed E-state index contributed by atoms with van der Waals surface area (Å²) in [7, 11) is 0. The number of fused-ring (bicyclic) bond motifs is 1. The molecular formula is C18H25N3. The smallest absolute Gasteiger partial charge is 0.0746 e. The van der Waals surface area contributed by atoms with Crippen LogP contribution in [0.1, 0.15) is 26.3 Å². The molecule has 1 aromatic heterocycles. The molecule has 0 saturated carbocycles. The Morgan fingerprint density at radius 2 is 2.05 bits per heavy atom. The molecule has 0 aliphatic carbocycles. The predicted molar refractivity (Wildman–Crippen MR) is 88.3 cm³/mol. The summed E-state index contributed by atoms with van der Waals surface area (Å²) in [6.45, 7) is 11.2. The number of piperazine rings is 1. The quantitative estimate of drug-likeness (QED) is 0.918. The fraction of sp³-hybridized carbons (Fsp3) is 0.500. The lowest BCUT2D eigenvalue weighted by atomic mass is 9.85. The minimum atomic E-state index is 0.301. The summed E-state index contributed by atoms with van der Waals surface area (Å²) in [5.41, 5.74) is 2.78. The molecule has 1 N–H and O–H groups in total. The lowest BCUT2D eigenvalue weighted by Crippen LogP contribution is -2.55. The SMILES string of the molecule is CC(C)(C)C1CN(Cc2cccc3cccnc23)CCN1. The first-order valence-corrected chi connectivity index (χ1v) is 7.82. The minimum Gasteiger partial charge on any atom is -0.311 e. The van der Waals surface area contributed by atoms with E-state index in [4.69, 9.17) is 0 Å². The second kappa shape index (κ2) is 5.74. The van der Waals surface area contributed by atoms with Gasteiger partial charge in [-0.2, -0.15) is 0 Å². The average Bonchev–Trinajstić information content (AvgIpc) is 2.47. The number of pyridine rings is 1. The van der Waals surface area contributed by atoms with Gasteiger partial charge in [-0.3, -0.25) is 9.88 Å². The first-order valence-electron chi connectivity index (χ1n) is 7.82. The maximum Gasteiger partial charge on any atom is 0.0746 e. The summed E-state index contributed by atoms with van der Waals surface area (Å²) in [5, 5.41) is 4.89. The van der Waals surface area contributed by atoms with Gasteiger partial charge in [0, 0.05) is 43.8 Å². The third kappa shape index (κ3) is 3.25. The second-order valence-electron chi connectivity index (χ2n) is 7.10. The largest absolute Gasteiger partial charge is 0.311 e. The van der Waals surface area contributed by atoms with E-state index in [9.17, 15) is 0 Å². The molecule has 21 heavy (non-hydrogen) atoms. The van der Waals surface area contributed by atoms with Crippen molar-refractivity contribution < 1.29 is 0 Å². The van der Waals surface area contributed by atoms with Crippen molar-refractivity contribution in [3.8, 4) is 0 Å². The highest BCUT2D eigenvalue weighted by molar-refractivity contribution is 5.81. The van der Waals surface area contributed by atoms with Crippen molar-refractivity contribution in [3.63, 3.8) is 0 Å². The molecule has 2 heterocycles. The number of para-hydroxylation sites is 1. The molecule has 2 aromatic rings. The molecule has 1 fully saturated rings. The second-order valence-corrected chi connectivity index (χ2v) is 7.10. The normalized spacial score (nSPS) is 20.8. The molecule has 1 atom stereocenters. The number of rotatable bonds is 2. The Labute approximate surface area is 127 Å². The van der Waals surface area contributed by atoms with Gasteiger partial charge in [-0.15, -0.1) is 0 Å². The molecule has 1 saturated heterocycles. The Hall–Kier alpha value is -1.45. The van der Waals surface area contributed by atoms with Crippen LogP contribution < -0.4 is 5.32 Å². The number of hydrogen-bond acceptors (Lipinski definition) is 3. The van der Waals surface area contributed by atoms with Crippen molar-refractivity contribution in [2.45, 2.75) is 33.4 Å². The van der Waals surface area contributed by atoms with E-state index in [1.54, 1.807) is 0 Å². The zero-order valence-electron chi connectivity index (χ0n) is 13.3. The molecule has 0 radical (unpaired) electrons. The topological polar surface area (TPSA) is 28.2 Å². The van der Waals surface area contributed by atoms with Gasteiger partial charge in [0.2, 0.25) is 0 Å². The zero-order valence-corrected chi connectivity index (χ0v) is 13.3. The number of nitrogens with one attached hydrogen (secondary N) is 1. The first-order chi connectivity index (χ1) is 10.0. The fourth-order valence-electron chi connectivity index (χ4n) is 3.07. The van der Waals surface area contributed by atoms with Crippen LogP contribution in [0.4, 0.5) is 0 Å². The van der Waals surface area contributed by atoms with Crippen LogP contribution in [0.25, 0.3) is 10.9 Å². The van der Waals surface area contributed by atoms with Crippen molar-refractivity contribution in [1.82, 2.24) is 15.2 Å². The number of aromatic nitrogens is 1. The number of benzene rings is 1. The fourth-order valence-corrected chi connectivity index (χ4v) is 3.07. The Bertz CT molecular complexity index is 610. The van der Waals surface area contributed by atoms with Gasteiger partial charge in [-0.1, -0.05) is 45.0 Å². The molecular weight excluding hydrogens is 258 g/mol. The molecule has 1 aliphatic rings. The van der Waals surface area contributed by atoms with Crippen molar-refractivity contribution >= 4 is 10.9 Å². The lowest BCUT2D eigenvalue weighted by molar-refractivity contribution is 0.129. The van der Waals surface area contributed by atoms with Crippen molar-refractivity contribution in [1.29, 1.82) is 0 Å². The van der Waals surface area contributed by atoms with E-state index in [0.29, 0.717) is 11.5 Å². The van der Waals surface area contributed by atoms with E-state index in [1.807, 2.05) is 12.3 Å². The highest BCUT2D eigenvalue weighted by atomic mass is 15.2. The monoisotopic (exact) mass is 283 g/mol. The van der Waals surface area contributed by atoms with E-state index in [0.717, 1.165) is 31.7 Å². The molecule has 1 aliphatic heterocycles. The molecule has 1 aromatic carbocycles. The molecule has 0 amide bonds. The summed E-state index contributed by atoms with van der Waals surface area (Å²) in [6, 6.07) is 11.2. The van der Waals surface area contributed by atoms with Gasteiger partial charge < -0.3 is 5.32 Å². The molecule has 112 valence electrons. The van der Waals surface area contributed by atoms with Gasteiger partial charge in [-0.25, -0.2) is 0 Å². The van der Waals surface area contributed by atoms with Gasteiger partial charge in [0.05, 0.1) is 5.52 Å². The lowest BCUT2D eigenvalue weighted by Gasteiger charge is -2.40. The molecule has 3 nitrogen and oxygen atoms in total. The van der Waals surface area contributed by atoms with Crippen LogP contribution in [-0.4, -0.2) is 35.6 Å². The van der Waals surface area contributed by atoms with Crippen molar-refractivity contribution in [2.75, 3.05) is 19.6 Å². The predicted octanol–water partition coefficient (Wildman–Crippen LogP) is 3.05. The van der Waals surface area contributed by atoms with E-state index in [1.165, 1.54) is 10.9 Å². The Balaban J connectivity index is 1.79. The third-order valence-corrected chi connectivity index (χ3v) is 4.42. The zero-order chi connectivity index (χ0) is 14.9. The van der Waals surface area contributed by atoms with Gasteiger partial charge in [-0.05, 0) is 17.0 Å². The summed E-state index contributed by atoms with van der Waals surface area (Å²) in [5.74, 6) is 0. The van der Waals surface area contributed by atoms with Crippen LogP contribution in [0.5, 0.6) is 0 Å². The first kappa shape index (κ1) is 14.5. The van der Waals surface area contributed by atoms with Crippen molar-refractivity contribution in [2.24, 2.45) is 5.41 Å². The molecule has 3 rings (SSSR count). The van der Waals surface area contributed by atoms with E-state index < -0.39 is 0 Å². The molecule has 0 bridgehead atoms. The summed E-state index contributed by atoms with van der Waals surface area (Å²) < 4.78 is 0. The molecule has 3 heteroatoms. The highest BCUT2D eigenvalue weighted by Crippen LogP contribution is 2.24. The summed E-state index contributed by atoms with van der Waals surface area (Å²) >= 11 is 0. The van der Waals surface area contributed by atoms with Gasteiger partial charge >= 0.3 is 0 Å². The standard InChI is InChI=1S/C18H25N3/c1-18(2,3)16-13-21(11-10-19-16)12-15-7-4-6-14-8-5-9-20-17(14)15/h4-9,16,19H,10-13H2,1-3H3. The van der Waals surface area contributed by atoms with E-state index in [2.05, 4.69) is 60.2 Å². The van der Waals surface area contributed by atoms with Crippen molar-refractivity contribution in [3.05, 3.63) is 42.1 Å². The summed E-state index contributed by atoms with van der Waals surface area (Å²) in [6.07, 6.45) is 1.89. The average molecular weight is 283 g/mol. The Morgan fingerprint density at radius 1 is 1.24 bits per heavy atom. The van der Waals surface area contributed by atoms with Crippen LogP contribution in [0.3, 0.4) is 0 Å². The third-order valence-electron chi connectivity index (χ3n) is 4.42. The maximum absolute atomic E-state index is 4.57. The van der Waals surface area contributed by atoms with Crippen LogP contribution in [0, 0.1) is 5.41 Å². The minimum absolute atomic E-state index is 0.301. The number of hydrogen-bond donors (Lipinski definition) is 1. The summed E-state index contributed by atoms with van der Waals surface area (Å²) in [4.78, 5) is 7.12. The maximum atomic E-state index is 4.57. The van der Waals surface area contributed by atoms with Crippen LogP contribution in [-0.2, 0) is 6.54 Å². The molecule has 0 spiro atoms. The van der Waals surface area contributed by atoms with Gasteiger partial charge in [0.25, 0.3) is 0 Å². The van der Waals surface area contributed by atoms with Crippen LogP contribution >= 0.6 is 0 Å². The van der Waals surface area contributed by atoms with Gasteiger partial charge in [0.1, 0.15) is 0 Å². The van der Waals surface area contributed by atoms with Crippen LogP contribution in [0.2, 0.25) is 0 Å².